The second-order valence-electron chi connectivity index (χ2n) is 6.68. The van der Waals surface area contributed by atoms with Gasteiger partial charge in [0.15, 0.2) is 0 Å². The molecule has 5 nitrogen and oxygen atoms in total. The summed E-state index contributed by atoms with van der Waals surface area (Å²) in [6, 6.07) is 21.3. The summed E-state index contributed by atoms with van der Waals surface area (Å²) in [6.07, 6.45) is 3.25. The number of nitrogens with zero attached hydrogens (tertiary/aromatic N) is 1. The Hall–Kier alpha value is -3.34. The fourth-order valence-electron chi connectivity index (χ4n) is 2.97. The number of hydrogen-bond acceptors (Lipinski definition) is 2. The molecule has 0 aliphatic carbocycles. The van der Waals surface area contributed by atoms with Crippen molar-refractivity contribution in [3.8, 4) is 0 Å². The number of nitrogens with one attached hydrogen (secondary N) is 2. The van der Waals surface area contributed by atoms with Crippen LogP contribution in [0.2, 0.25) is 0 Å². The van der Waals surface area contributed by atoms with E-state index in [1.54, 1.807) is 0 Å². The predicted molar refractivity (Wildman–Crippen MR) is 111 cm³/mol. The minimum absolute atomic E-state index is 0.0164. The predicted octanol–water partition coefficient (Wildman–Crippen LogP) is 4.21. The van der Waals surface area contributed by atoms with Crippen molar-refractivity contribution in [2.45, 2.75) is 32.9 Å². The first-order valence-corrected chi connectivity index (χ1v) is 9.51. The van der Waals surface area contributed by atoms with Gasteiger partial charge in [0.25, 0.3) is 5.91 Å². The minimum atomic E-state index is -0.110. The van der Waals surface area contributed by atoms with Crippen molar-refractivity contribution in [3.05, 3.63) is 89.7 Å². The van der Waals surface area contributed by atoms with Gasteiger partial charge in [0.05, 0.1) is 0 Å². The van der Waals surface area contributed by atoms with Crippen LogP contribution < -0.4 is 10.6 Å². The zero-order valence-corrected chi connectivity index (χ0v) is 16.0. The molecule has 0 radical (unpaired) electrons. The number of rotatable bonds is 8. The maximum atomic E-state index is 12.6. The van der Waals surface area contributed by atoms with Crippen molar-refractivity contribution >= 4 is 17.5 Å². The zero-order valence-electron chi connectivity index (χ0n) is 16.0. The molecule has 3 rings (SSSR count). The summed E-state index contributed by atoms with van der Waals surface area (Å²) in [7, 11) is 0. The number of benzene rings is 2. The first-order chi connectivity index (χ1) is 13.7. The maximum absolute atomic E-state index is 12.6. The quantitative estimate of drug-likeness (QED) is 0.620. The van der Waals surface area contributed by atoms with Gasteiger partial charge < -0.3 is 15.2 Å². The average molecular weight is 375 g/mol. The first-order valence-electron chi connectivity index (χ1n) is 9.51. The molecule has 0 spiro atoms. The summed E-state index contributed by atoms with van der Waals surface area (Å²) >= 11 is 0. The third-order valence-electron chi connectivity index (χ3n) is 4.43. The van der Waals surface area contributed by atoms with Crippen molar-refractivity contribution in [2.24, 2.45) is 0 Å². The van der Waals surface area contributed by atoms with Gasteiger partial charge in [-0.3, -0.25) is 9.59 Å². The van der Waals surface area contributed by atoms with Gasteiger partial charge in [0, 0.05) is 31.4 Å². The Morgan fingerprint density at radius 3 is 2.36 bits per heavy atom. The summed E-state index contributed by atoms with van der Waals surface area (Å²) < 4.78 is 1.94. The van der Waals surface area contributed by atoms with Gasteiger partial charge in [-0.15, -0.1) is 0 Å². The van der Waals surface area contributed by atoms with E-state index >= 15 is 0 Å². The number of amides is 2. The van der Waals surface area contributed by atoms with Crippen LogP contribution in [0.15, 0.2) is 72.9 Å². The lowest BCUT2D eigenvalue weighted by molar-refractivity contribution is -0.116. The fourth-order valence-corrected chi connectivity index (χ4v) is 2.97. The number of aromatic nitrogens is 1. The molecule has 144 valence electrons. The Morgan fingerprint density at radius 2 is 1.64 bits per heavy atom. The van der Waals surface area contributed by atoms with Crippen molar-refractivity contribution < 1.29 is 9.59 Å². The highest BCUT2D eigenvalue weighted by Gasteiger charge is 2.11. The van der Waals surface area contributed by atoms with E-state index in [2.05, 4.69) is 10.6 Å². The van der Waals surface area contributed by atoms with E-state index in [9.17, 15) is 9.59 Å². The normalized spacial score (nSPS) is 10.5. The van der Waals surface area contributed by atoms with Gasteiger partial charge >= 0.3 is 0 Å². The van der Waals surface area contributed by atoms with Crippen LogP contribution in [0.25, 0.3) is 0 Å². The van der Waals surface area contributed by atoms with Gasteiger partial charge in [-0.25, -0.2) is 0 Å². The van der Waals surface area contributed by atoms with Crippen molar-refractivity contribution in [1.29, 1.82) is 0 Å². The molecule has 28 heavy (non-hydrogen) atoms. The van der Waals surface area contributed by atoms with Gasteiger partial charge in [-0.2, -0.15) is 0 Å². The van der Waals surface area contributed by atoms with Crippen molar-refractivity contribution in [3.63, 3.8) is 0 Å². The van der Waals surface area contributed by atoms with Crippen LogP contribution >= 0.6 is 0 Å². The van der Waals surface area contributed by atoms with Gasteiger partial charge in [-0.1, -0.05) is 49.4 Å². The monoisotopic (exact) mass is 375 g/mol. The highest BCUT2D eigenvalue weighted by Crippen LogP contribution is 2.11. The topological polar surface area (TPSA) is 63.1 Å². The molecule has 0 atom stereocenters. The third kappa shape index (κ3) is 5.33. The van der Waals surface area contributed by atoms with Crippen LogP contribution in [0.4, 0.5) is 5.69 Å². The second kappa shape index (κ2) is 9.55. The van der Waals surface area contributed by atoms with Gasteiger partial charge in [-0.05, 0) is 41.8 Å². The standard InChI is InChI=1S/C23H25N3O2/c1-2-7-22(27)25-20-13-11-18(12-14-20)16-24-23(28)21-10-6-15-26(21)17-19-8-4-3-5-9-19/h3-6,8-15H,2,7,16-17H2,1H3,(H,24,28)(H,25,27). The van der Waals surface area contributed by atoms with E-state index in [-0.39, 0.29) is 11.8 Å². The maximum Gasteiger partial charge on any atom is 0.268 e. The molecule has 0 aliphatic heterocycles. The molecule has 2 amide bonds. The van der Waals surface area contributed by atoms with Crippen molar-refractivity contribution in [1.82, 2.24) is 9.88 Å². The molecular formula is C23H25N3O2. The van der Waals surface area contributed by atoms with Crippen LogP contribution in [-0.2, 0) is 17.9 Å². The number of hydrogen-bond donors (Lipinski definition) is 2. The fraction of sp³-hybridized carbons (Fsp3) is 0.217. The van der Waals surface area contributed by atoms with E-state index in [0.29, 0.717) is 25.2 Å². The molecule has 3 aromatic rings. The Labute approximate surface area is 165 Å². The third-order valence-corrected chi connectivity index (χ3v) is 4.43. The zero-order chi connectivity index (χ0) is 19.8. The molecule has 0 fully saturated rings. The smallest absolute Gasteiger partial charge is 0.268 e. The number of anilines is 1. The molecule has 0 unspecified atom stereocenters. The van der Waals surface area contributed by atoms with E-state index in [1.807, 2.05) is 84.4 Å². The lowest BCUT2D eigenvalue weighted by atomic mass is 10.2. The molecule has 1 aromatic heterocycles. The lowest BCUT2D eigenvalue weighted by Gasteiger charge is -2.11. The van der Waals surface area contributed by atoms with Gasteiger partial charge in [0.1, 0.15) is 5.69 Å². The van der Waals surface area contributed by atoms with Crippen LogP contribution in [0.3, 0.4) is 0 Å². The number of carbonyl (C=O) groups is 2. The Balaban J connectivity index is 1.56. The van der Waals surface area contributed by atoms with Crippen LogP contribution in [0.5, 0.6) is 0 Å². The van der Waals surface area contributed by atoms with Gasteiger partial charge in [0.2, 0.25) is 5.91 Å². The molecule has 0 saturated heterocycles. The molecule has 0 saturated carbocycles. The highest BCUT2D eigenvalue weighted by molar-refractivity contribution is 5.93. The molecule has 2 aromatic carbocycles. The molecule has 0 aliphatic rings. The van der Waals surface area contributed by atoms with Crippen LogP contribution in [0, 0.1) is 0 Å². The van der Waals surface area contributed by atoms with Crippen LogP contribution in [-0.4, -0.2) is 16.4 Å². The van der Waals surface area contributed by atoms with Crippen LogP contribution in [0.1, 0.15) is 41.4 Å². The number of carbonyl (C=O) groups excluding carboxylic acids is 2. The van der Waals surface area contributed by atoms with E-state index < -0.39 is 0 Å². The molecular weight excluding hydrogens is 350 g/mol. The van der Waals surface area contributed by atoms with E-state index in [0.717, 1.165) is 23.2 Å². The lowest BCUT2D eigenvalue weighted by Crippen LogP contribution is -2.25. The SMILES string of the molecule is CCCC(=O)Nc1ccc(CNC(=O)c2cccn2Cc2ccccc2)cc1. The summed E-state index contributed by atoms with van der Waals surface area (Å²) in [5, 5.41) is 5.82. The van der Waals surface area contributed by atoms with E-state index in [1.165, 1.54) is 0 Å². The largest absolute Gasteiger partial charge is 0.347 e. The van der Waals surface area contributed by atoms with E-state index in [4.69, 9.17) is 0 Å². The Bertz CT molecular complexity index is 915. The summed E-state index contributed by atoms with van der Waals surface area (Å²) in [5.41, 5.74) is 3.52. The Kier molecular flexibility index (Phi) is 6.63. The summed E-state index contributed by atoms with van der Waals surface area (Å²) in [6.45, 7) is 3.06. The van der Waals surface area contributed by atoms with Crippen molar-refractivity contribution in [2.75, 3.05) is 5.32 Å². The molecule has 0 bridgehead atoms. The molecule has 2 N–H and O–H groups in total. The average Bonchev–Trinajstić information content (AvgIpc) is 3.16. The summed E-state index contributed by atoms with van der Waals surface area (Å²) in [5.74, 6) is -0.0935. The first kappa shape index (κ1) is 19.4. The second-order valence-corrected chi connectivity index (χ2v) is 6.68. The minimum Gasteiger partial charge on any atom is -0.347 e. The molecule has 5 heteroatoms. The highest BCUT2D eigenvalue weighted by atomic mass is 16.2. The Morgan fingerprint density at radius 1 is 0.893 bits per heavy atom. The summed E-state index contributed by atoms with van der Waals surface area (Å²) in [4.78, 5) is 24.2. The molecule has 1 heterocycles.